The Kier molecular flexibility index (Phi) is 7.56. The van der Waals surface area contributed by atoms with Gasteiger partial charge in [-0.1, -0.05) is 68.1 Å². The average Bonchev–Trinajstić information content (AvgIpc) is 3.55. The minimum absolute atomic E-state index is 0. The third-order valence-electron chi connectivity index (χ3n) is 6.82. The zero-order valence-electron chi connectivity index (χ0n) is 20.9. The van der Waals surface area contributed by atoms with Gasteiger partial charge in [0.15, 0.2) is 0 Å². The summed E-state index contributed by atoms with van der Waals surface area (Å²) in [6, 6.07) is 26.0. The Balaban J connectivity index is 0.00000308. The number of carbonyl (C=O) groups excluding carboxylic acids is 2. The average molecular weight is 538 g/mol. The second-order valence-electron chi connectivity index (χ2n) is 9.46. The maximum Gasteiger partial charge on any atom is 0.272 e. The molecule has 0 radical (unpaired) electrons. The van der Waals surface area contributed by atoms with Crippen LogP contribution in [0.3, 0.4) is 0 Å². The summed E-state index contributed by atoms with van der Waals surface area (Å²) in [5.74, 6) is -0.0525. The monoisotopic (exact) mass is 537 g/mol. The molecule has 198 valence electrons. The number of imidazole rings is 1. The van der Waals surface area contributed by atoms with E-state index in [4.69, 9.17) is 0 Å². The third-order valence-corrected chi connectivity index (χ3v) is 7.96. The number of benzene rings is 3. The van der Waals surface area contributed by atoms with Crippen molar-refractivity contribution in [3.8, 4) is 0 Å². The number of hydrogen-bond donors (Lipinski definition) is 1. The molecule has 5 aromatic rings. The molecule has 0 saturated heterocycles. The fourth-order valence-corrected chi connectivity index (χ4v) is 5.90. The molecule has 7 nitrogen and oxygen atoms in total. The number of carbonyl (C=O) groups is 2. The predicted octanol–water partition coefficient (Wildman–Crippen LogP) is 5.44. The lowest BCUT2D eigenvalue weighted by Gasteiger charge is -2.21. The molecule has 1 atom stereocenters. The Morgan fingerprint density at radius 3 is 2.41 bits per heavy atom. The zero-order chi connectivity index (χ0) is 26.1. The molecule has 0 unspecified atom stereocenters. The van der Waals surface area contributed by atoms with E-state index in [-0.39, 0.29) is 19.2 Å². The van der Waals surface area contributed by atoms with Gasteiger partial charge in [0.2, 0.25) is 5.91 Å². The zero-order valence-corrected chi connectivity index (χ0v) is 21.8. The van der Waals surface area contributed by atoms with Crippen LogP contribution in [0, 0.1) is 0 Å². The molecule has 2 aromatic heterocycles. The molecule has 1 N–H and O–H groups in total. The first-order valence-electron chi connectivity index (χ1n) is 12.5. The lowest BCUT2D eigenvalue weighted by Crippen LogP contribution is -2.48. The van der Waals surface area contributed by atoms with Crippen LogP contribution in [0.4, 0.5) is 5.69 Å². The van der Waals surface area contributed by atoms with Gasteiger partial charge in [0.25, 0.3) is 5.91 Å². The SMILES string of the molecule is C.CN1C(=O)[C@@H](NC(=O)c2cn(Cc3ccccc3)cn2)CSc2cc3c(ccn3Cc3ccccc3)cc21. The van der Waals surface area contributed by atoms with Crippen LogP contribution < -0.4 is 10.2 Å². The molecule has 1 aliphatic rings. The van der Waals surface area contributed by atoms with Gasteiger partial charge in [-0.05, 0) is 29.3 Å². The Morgan fingerprint density at radius 2 is 1.69 bits per heavy atom. The number of thioether (sulfide) groups is 1. The second kappa shape index (κ2) is 11.2. The molecule has 0 bridgehead atoms. The van der Waals surface area contributed by atoms with Crippen LogP contribution >= 0.6 is 11.8 Å². The van der Waals surface area contributed by atoms with Gasteiger partial charge in [0, 0.05) is 54.1 Å². The van der Waals surface area contributed by atoms with Crippen LogP contribution in [0.15, 0.2) is 102 Å². The van der Waals surface area contributed by atoms with Gasteiger partial charge >= 0.3 is 0 Å². The van der Waals surface area contributed by atoms with Crippen LogP contribution in [-0.4, -0.2) is 44.8 Å². The fourth-order valence-electron chi connectivity index (χ4n) is 4.79. The molecule has 8 heteroatoms. The topological polar surface area (TPSA) is 72.2 Å². The second-order valence-corrected chi connectivity index (χ2v) is 10.5. The molecule has 3 aromatic carbocycles. The molecular formula is C31H31N5O2S. The molecular weight excluding hydrogens is 506 g/mol. The Hall–Kier alpha value is -4.30. The van der Waals surface area contributed by atoms with Crippen molar-refractivity contribution in [1.82, 2.24) is 19.4 Å². The third kappa shape index (κ3) is 5.47. The van der Waals surface area contributed by atoms with E-state index in [1.54, 1.807) is 36.2 Å². The normalized spacial score (nSPS) is 14.9. The van der Waals surface area contributed by atoms with Crippen molar-refractivity contribution in [3.63, 3.8) is 0 Å². The molecule has 39 heavy (non-hydrogen) atoms. The largest absolute Gasteiger partial charge is 0.343 e. The summed E-state index contributed by atoms with van der Waals surface area (Å²) >= 11 is 1.59. The van der Waals surface area contributed by atoms with E-state index >= 15 is 0 Å². The van der Waals surface area contributed by atoms with Crippen LogP contribution in [0.25, 0.3) is 10.9 Å². The Morgan fingerprint density at radius 1 is 1.00 bits per heavy atom. The highest BCUT2D eigenvalue weighted by atomic mass is 32.2. The fraction of sp³-hybridized carbons (Fsp3) is 0.194. The van der Waals surface area contributed by atoms with Crippen molar-refractivity contribution in [2.24, 2.45) is 0 Å². The first kappa shape index (κ1) is 26.3. The first-order chi connectivity index (χ1) is 18.5. The minimum atomic E-state index is -0.657. The molecule has 1 aliphatic heterocycles. The maximum absolute atomic E-state index is 13.4. The van der Waals surface area contributed by atoms with Crippen molar-refractivity contribution in [2.75, 3.05) is 17.7 Å². The number of aromatic nitrogens is 3. The Labute approximate surface area is 232 Å². The van der Waals surface area contributed by atoms with Gasteiger partial charge in [-0.3, -0.25) is 9.59 Å². The van der Waals surface area contributed by atoms with Gasteiger partial charge in [-0.25, -0.2) is 4.98 Å². The van der Waals surface area contributed by atoms with Gasteiger partial charge in [-0.15, -0.1) is 11.8 Å². The van der Waals surface area contributed by atoms with Crippen LogP contribution in [0.2, 0.25) is 0 Å². The van der Waals surface area contributed by atoms with Crippen LogP contribution in [-0.2, 0) is 17.9 Å². The van der Waals surface area contributed by atoms with E-state index in [9.17, 15) is 9.59 Å². The number of hydrogen-bond acceptors (Lipinski definition) is 4. The number of anilines is 1. The summed E-state index contributed by atoms with van der Waals surface area (Å²) < 4.78 is 4.09. The van der Waals surface area contributed by atoms with Crippen molar-refractivity contribution < 1.29 is 9.59 Å². The van der Waals surface area contributed by atoms with E-state index < -0.39 is 6.04 Å². The van der Waals surface area contributed by atoms with Crippen molar-refractivity contribution in [2.45, 2.75) is 31.5 Å². The predicted molar refractivity (Wildman–Crippen MR) is 157 cm³/mol. The highest BCUT2D eigenvalue weighted by Crippen LogP contribution is 2.37. The number of likely N-dealkylation sites (N-methyl/N-ethyl adjacent to an activating group) is 1. The van der Waals surface area contributed by atoms with E-state index in [2.05, 4.69) is 51.4 Å². The van der Waals surface area contributed by atoms with Gasteiger partial charge in [0.05, 0.1) is 12.0 Å². The molecule has 0 saturated carbocycles. The van der Waals surface area contributed by atoms with Crippen LogP contribution in [0.5, 0.6) is 0 Å². The van der Waals surface area contributed by atoms with E-state index in [1.807, 2.05) is 53.1 Å². The number of nitrogens with one attached hydrogen (secondary N) is 1. The number of nitrogens with zero attached hydrogens (tertiary/aromatic N) is 4. The molecule has 0 aliphatic carbocycles. The first-order valence-corrected chi connectivity index (χ1v) is 13.5. The molecule has 0 spiro atoms. The number of amides is 2. The lowest BCUT2D eigenvalue weighted by atomic mass is 10.2. The van der Waals surface area contributed by atoms with E-state index in [0.717, 1.165) is 33.6 Å². The van der Waals surface area contributed by atoms with Crippen molar-refractivity contribution >= 4 is 40.2 Å². The van der Waals surface area contributed by atoms with Crippen molar-refractivity contribution in [1.29, 1.82) is 0 Å². The van der Waals surface area contributed by atoms with Crippen LogP contribution in [0.1, 0.15) is 29.0 Å². The quantitative estimate of drug-likeness (QED) is 0.313. The summed E-state index contributed by atoms with van der Waals surface area (Å²) in [6.45, 7) is 1.40. The van der Waals surface area contributed by atoms with Gasteiger partial charge in [0.1, 0.15) is 11.7 Å². The summed E-state index contributed by atoms with van der Waals surface area (Å²) in [7, 11) is 1.77. The summed E-state index contributed by atoms with van der Waals surface area (Å²) in [4.78, 5) is 33.3. The van der Waals surface area contributed by atoms with E-state index in [1.165, 1.54) is 5.56 Å². The summed E-state index contributed by atoms with van der Waals surface area (Å²) in [5.41, 5.74) is 4.62. The van der Waals surface area contributed by atoms with Crippen molar-refractivity contribution in [3.05, 3.63) is 114 Å². The highest BCUT2D eigenvalue weighted by molar-refractivity contribution is 7.99. The molecule has 3 heterocycles. The smallest absolute Gasteiger partial charge is 0.272 e. The number of rotatable bonds is 6. The van der Waals surface area contributed by atoms with Gasteiger partial charge < -0.3 is 19.4 Å². The summed E-state index contributed by atoms with van der Waals surface area (Å²) in [6.07, 6.45) is 5.45. The minimum Gasteiger partial charge on any atom is -0.343 e. The van der Waals surface area contributed by atoms with E-state index in [0.29, 0.717) is 18.0 Å². The lowest BCUT2D eigenvalue weighted by molar-refractivity contribution is -0.119. The number of fused-ring (bicyclic) bond motifs is 2. The summed E-state index contributed by atoms with van der Waals surface area (Å²) in [5, 5.41) is 3.99. The molecule has 6 rings (SSSR count). The highest BCUT2D eigenvalue weighted by Gasteiger charge is 2.31. The molecule has 0 fully saturated rings. The van der Waals surface area contributed by atoms with Gasteiger partial charge in [-0.2, -0.15) is 0 Å². The maximum atomic E-state index is 13.4. The molecule has 2 amide bonds. The Bertz CT molecular complexity index is 1610. The standard InChI is InChI=1S/C30H27N5O2S.CH4/c1-33-27-14-23-12-13-35(17-22-10-6-3-7-11-22)26(23)15-28(27)38-19-25(30(33)37)32-29(36)24-18-34(20-31-24)16-21-8-4-2-5-9-21;/h2-15,18,20,25H,16-17,19H2,1H3,(H,32,36);1H4/t25-;/m0./s1.